The van der Waals surface area contributed by atoms with Gasteiger partial charge in [-0.15, -0.1) is 0 Å². The summed E-state index contributed by atoms with van der Waals surface area (Å²) in [7, 11) is 0. The lowest BCUT2D eigenvalue weighted by Gasteiger charge is -2.29. The van der Waals surface area contributed by atoms with Crippen LogP contribution in [0.5, 0.6) is 5.88 Å². The molecule has 0 amide bonds. The van der Waals surface area contributed by atoms with Crippen LogP contribution in [0.15, 0.2) is 12.1 Å². The van der Waals surface area contributed by atoms with Crippen LogP contribution in [0.3, 0.4) is 0 Å². The van der Waals surface area contributed by atoms with Gasteiger partial charge < -0.3 is 10.1 Å². The molecule has 1 heterocycles. The Hall–Kier alpha value is -1.09. The van der Waals surface area contributed by atoms with E-state index in [4.69, 9.17) is 4.74 Å². The molecule has 1 aliphatic carbocycles. The molecule has 2 atom stereocenters. The number of hydrogen-bond donors (Lipinski definition) is 1. The van der Waals surface area contributed by atoms with E-state index >= 15 is 0 Å². The van der Waals surface area contributed by atoms with Crippen LogP contribution >= 0.6 is 0 Å². The fraction of sp³-hybridized carbons (Fsp3) is 0.706. The molecule has 1 aliphatic rings. The summed E-state index contributed by atoms with van der Waals surface area (Å²) in [4.78, 5) is 4.54. The van der Waals surface area contributed by atoms with Crippen LogP contribution in [-0.2, 0) is 6.54 Å². The molecule has 2 rings (SSSR count). The largest absolute Gasteiger partial charge is 0.474 e. The first-order valence-electron chi connectivity index (χ1n) is 8.04. The normalized spacial score (nSPS) is 22.8. The molecule has 3 heteroatoms. The zero-order valence-electron chi connectivity index (χ0n) is 13.1. The van der Waals surface area contributed by atoms with Crippen LogP contribution < -0.4 is 10.1 Å². The third kappa shape index (κ3) is 4.48. The Morgan fingerprint density at radius 2 is 2.10 bits per heavy atom. The number of aryl methyl sites for hydroxylation is 1. The number of nitrogens with one attached hydrogen (secondary N) is 1. The van der Waals surface area contributed by atoms with Gasteiger partial charge in [-0.2, -0.15) is 0 Å². The molecular weight excluding hydrogens is 248 g/mol. The molecule has 112 valence electrons. The second-order valence-corrected chi connectivity index (χ2v) is 6.05. The van der Waals surface area contributed by atoms with Crippen LogP contribution in [0.2, 0.25) is 0 Å². The number of ether oxygens (including phenoxy) is 1. The molecule has 3 nitrogen and oxygen atoms in total. The van der Waals surface area contributed by atoms with Gasteiger partial charge in [-0.1, -0.05) is 20.3 Å². The minimum atomic E-state index is 0.342. The van der Waals surface area contributed by atoms with Gasteiger partial charge in [0.15, 0.2) is 0 Å². The van der Waals surface area contributed by atoms with Gasteiger partial charge in [0.05, 0.1) is 0 Å². The molecule has 0 saturated heterocycles. The Balaban J connectivity index is 1.99. The van der Waals surface area contributed by atoms with E-state index in [1.807, 2.05) is 6.92 Å². The van der Waals surface area contributed by atoms with Crippen molar-refractivity contribution in [1.82, 2.24) is 10.3 Å². The molecule has 1 fully saturated rings. The van der Waals surface area contributed by atoms with Crippen molar-refractivity contribution in [3.05, 3.63) is 23.4 Å². The summed E-state index contributed by atoms with van der Waals surface area (Å²) < 4.78 is 6.16. The second kappa shape index (κ2) is 7.63. The number of pyridine rings is 1. The number of hydrogen-bond acceptors (Lipinski definition) is 3. The first kappa shape index (κ1) is 15.3. The monoisotopic (exact) mass is 276 g/mol. The van der Waals surface area contributed by atoms with Gasteiger partial charge >= 0.3 is 0 Å². The van der Waals surface area contributed by atoms with Crippen LogP contribution in [0.1, 0.15) is 57.2 Å². The van der Waals surface area contributed by atoms with Crippen molar-refractivity contribution in [2.45, 2.75) is 65.5 Å². The van der Waals surface area contributed by atoms with Crippen LogP contribution in [0.25, 0.3) is 0 Å². The Kier molecular flexibility index (Phi) is 5.84. The zero-order chi connectivity index (χ0) is 14.4. The Morgan fingerprint density at radius 1 is 1.30 bits per heavy atom. The Morgan fingerprint density at radius 3 is 2.85 bits per heavy atom. The third-order valence-electron chi connectivity index (χ3n) is 4.05. The van der Waals surface area contributed by atoms with E-state index < -0.39 is 0 Å². The lowest BCUT2D eigenvalue weighted by Crippen LogP contribution is -2.28. The van der Waals surface area contributed by atoms with Crippen molar-refractivity contribution in [2.75, 3.05) is 6.54 Å². The van der Waals surface area contributed by atoms with Gasteiger partial charge in [-0.3, -0.25) is 0 Å². The van der Waals surface area contributed by atoms with Gasteiger partial charge in [0.2, 0.25) is 5.88 Å². The van der Waals surface area contributed by atoms with Crippen molar-refractivity contribution in [1.29, 1.82) is 0 Å². The molecule has 0 bridgehead atoms. The highest BCUT2D eigenvalue weighted by molar-refractivity contribution is 5.24. The van der Waals surface area contributed by atoms with Crippen LogP contribution in [0, 0.1) is 12.8 Å². The highest BCUT2D eigenvalue weighted by Crippen LogP contribution is 2.27. The van der Waals surface area contributed by atoms with Crippen molar-refractivity contribution in [3.63, 3.8) is 0 Å². The predicted octanol–water partition coefficient (Wildman–Crippen LogP) is 3.85. The quantitative estimate of drug-likeness (QED) is 0.801. The summed E-state index contributed by atoms with van der Waals surface area (Å²) in [5.74, 6) is 1.45. The highest BCUT2D eigenvalue weighted by Gasteiger charge is 2.23. The summed E-state index contributed by atoms with van der Waals surface area (Å²) in [6.07, 6.45) is 6.57. The minimum absolute atomic E-state index is 0.342. The molecule has 0 aliphatic heterocycles. The Bertz CT molecular complexity index is 419. The highest BCUT2D eigenvalue weighted by atomic mass is 16.5. The van der Waals surface area contributed by atoms with Crippen LogP contribution in [0.4, 0.5) is 0 Å². The van der Waals surface area contributed by atoms with E-state index in [1.165, 1.54) is 31.2 Å². The van der Waals surface area contributed by atoms with Gasteiger partial charge in [0.25, 0.3) is 0 Å². The van der Waals surface area contributed by atoms with E-state index in [0.717, 1.165) is 31.1 Å². The molecule has 0 radical (unpaired) electrons. The van der Waals surface area contributed by atoms with E-state index in [-0.39, 0.29) is 0 Å². The molecule has 1 N–H and O–H groups in total. The molecule has 0 aromatic carbocycles. The fourth-order valence-corrected chi connectivity index (χ4v) is 2.89. The molecule has 0 spiro atoms. The summed E-state index contributed by atoms with van der Waals surface area (Å²) >= 11 is 0. The molecule has 1 aromatic heterocycles. The maximum absolute atomic E-state index is 6.16. The first-order chi connectivity index (χ1) is 9.69. The predicted molar refractivity (Wildman–Crippen MR) is 83.0 cm³/mol. The van der Waals surface area contributed by atoms with E-state index in [2.05, 4.69) is 36.3 Å². The minimum Gasteiger partial charge on any atom is -0.474 e. The maximum Gasteiger partial charge on any atom is 0.214 e. The molecule has 1 saturated carbocycles. The third-order valence-corrected chi connectivity index (χ3v) is 4.05. The molecule has 20 heavy (non-hydrogen) atoms. The van der Waals surface area contributed by atoms with E-state index in [9.17, 15) is 0 Å². The number of rotatable bonds is 6. The average molecular weight is 276 g/mol. The topological polar surface area (TPSA) is 34.2 Å². The summed E-state index contributed by atoms with van der Waals surface area (Å²) in [5, 5.41) is 3.43. The number of aromatic nitrogens is 1. The maximum atomic E-state index is 6.16. The van der Waals surface area contributed by atoms with Gasteiger partial charge in [-0.25, -0.2) is 4.98 Å². The van der Waals surface area contributed by atoms with Gasteiger partial charge in [0.1, 0.15) is 6.10 Å². The van der Waals surface area contributed by atoms with E-state index in [0.29, 0.717) is 12.0 Å². The lowest BCUT2D eigenvalue weighted by molar-refractivity contribution is 0.0973. The SMILES string of the molecule is CCCNCc1cc(C)nc(OC2CCCCC2C)c1. The van der Waals surface area contributed by atoms with Crippen molar-refractivity contribution in [3.8, 4) is 5.88 Å². The van der Waals surface area contributed by atoms with Crippen LogP contribution in [-0.4, -0.2) is 17.6 Å². The molecule has 1 aromatic rings. The van der Waals surface area contributed by atoms with Crippen molar-refractivity contribution in [2.24, 2.45) is 5.92 Å². The average Bonchev–Trinajstić information content (AvgIpc) is 2.41. The lowest BCUT2D eigenvalue weighted by atomic mass is 9.88. The summed E-state index contributed by atoms with van der Waals surface area (Å²) in [5.41, 5.74) is 2.31. The van der Waals surface area contributed by atoms with Crippen molar-refractivity contribution < 1.29 is 4.74 Å². The number of nitrogens with zero attached hydrogens (tertiary/aromatic N) is 1. The van der Waals surface area contributed by atoms with E-state index in [1.54, 1.807) is 0 Å². The van der Waals surface area contributed by atoms with Gasteiger partial charge in [0, 0.05) is 18.3 Å². The second-order valence-electron chi connectivity index (χ2n) is 6.05. The van der Waals surface area contributed by atoms with Crippen molar-refractivity contribution >= 4 is 0 Å². The molecule has 2 unspecified atom stereocenters. The summed E-state index contributed by atoms with van der Waals surface area (Å²) in [6.45, 7) is 8.47. The molecular formula is C17H28N2O. The van der Waals surface area contributed by atoms with Gasteiger partial charge in [-0.05, 0) is 56.7 Å². The smallest absolute Gasteiger partial charge is 0.214 e. The first-order valence-corrected chi connectivity index (χ1v) is 8.04. The Labute approximate surface area is 123 Å². The standard InChI is InChI=1S/C17H28N2O/c1-4-9-18-12-15-10-14(3)19-17(11-15)20-16-8-6-5-7-13(16)2/h10-11,13,16,18H,4-9,12H2,1-3H3. The summed E-state index contributed by atoms with van der Waals surface area (Å²) in [6, 6.07) is 4.23. The fourth-order valence-electron chi connectivity index (χ4n) is 2.89. The zero-order valence-corrected chi connectivity index (χ0v) is 13.1.